The first-order valence-electron chi connectivity index (χ1n) is 5.27. The molecule has 96 valence electrons. The SMILES string of the molecule is COCCCOc1c(Cl)cc(CCl)cc1OC. The third-order valence-electron chi connectivity index (χ3n) is 2.18. The van der Waals surface area contributed by atoms with Gasteiger partial charge in [0.2, 0.25) is 0 Å². The molecule has 1 aromatic rings. The first-order chi connectivity index (χ1) is 8.22. The number of alkyl halides is 1. The second kappa shape index (κ2) is 7.64. The summed E-state index contributed by atoms with van der Waals surface area (Å²) in [6.07, 6.45) is 0.799. The van der Waals surface area contributed by atoms with Crippen LogP contribution < -0.4 is 9.47 Å². The average Bonchev–Trinajstić information content (AvgIpc) is 2.35. The molecule has 0 bridgehead atoms. The van der Waals surface area contributed by atoms with Gasteiger partial charge in [-0.2, -0.15) is 0 Å². The molecule has 0 atom stereocenters. The van der Waals surface area contributed by atoms with Crippen molar-refractivity contribution in [3.8, 4) is 11.5 Å². The third-order valence-corrected chi connectivity index (χ3v) is 2.77. The van der Waals surface area contributed by atoms with E-state index >= 15 is 0 Å². The minimum Gasteiger partial charge on any atom is -0.493 e. The molecule has 0 aliphatic rings. The molecule has 0 spiro atoms. The lowest BCUT2D eigenvalue weighted by molar-refractivity contribution is 0.170. The predicted molar refractivity (Wildman–Crippen MR) is 69.5 cm³/mol. The Hall–Kier alpha value is -0.640. The van der Waals surface area contributed by atoms with E-state index in [1.165, 1.54) is 0 Å². The molecule has 0 fully saturated rings. The van der Waals surface area contributed by atoms with Gasteiger partial charge < -0.3 is 14.2 Å². The quantitative estimate of drug-likeness (QED) is 0.564. The smallest absolute Gasteiger partial charge is 0.179 e. The molecule has 1 rings (SSSR count). The molecule has 0 N–H and O–H groups in total. The van der Waals surface area contributed by atoms with Crippen LogP contribution in [0.25, 0.3) is 0 Å². The Kier molecular flexibility index (Phi) is 6.48. The second-order valence-corrected chi connectivity index (χ2v) is 4.11. The number of benzene rings is 1. The van der Waals surface area contributed by atoms with E-state index in [-0.39, 0.29) is 0 Å². The van der Waals surface area contributed by atoms with Gasteiger partial charge in [-0.05, 0) is 17.7 Å². The zero-order chi connectivity index (χ0) is 12.7. The van der Waals surface area contributed by atoms with Crippen LogP contribution in [0.1, 0.15) is 12.0 Å². The normalized spacial score (nSPS) is 10.4. The maximum absolute atomic E-state index is 6.11. The molecule has 17 heavy (non-hydrogen) atoms. The van der Waals surface area contributed by atoms with Gasteiger partial charge in [0, 0.05) is 26.0 Å². The van der Waals surface area contributed by atoms with Crippen molar-refractivity contribution in [2.24, 2.45) is 0 Å². The fourth-order valence-corrected chi connectivity index (χ4v) is 1.81. The number of hydrogen-bond donors (Lipinski definition) is 0. The first kappa shape index (κ1) is 14.4. The highest BCUT2D eigenvalue weighted by Gasteiger charge is 2.11. The van der Waals surface area contributed by atoms with Crippen LogP contribution in [0.2, 0.25) is 5.02 Å². The van der Waals surface area contributed by atoms with Crippen LogP contribution in [0.5, 0.6) is 11.5 Å². The molecule has 1 aromatic carbocycles. The summed E-state index contributed by atoms with van der Waals surface area (Å²) in [6, 6.07) is 3.60. The van der Waals surface area contributed by atoms with Crippen molar-refractivity contribution in [1.82, 2.24) is 0 Å². The Morgan fingerprint density at radius 2 is 1.94 bits per heavy atom. The molecule has 0 aliphatic heterocycles. The maximum Gasteiger partial charge on any atom is 0.179 e. The minimum absolute atomic E-state index is 0.389. The Morgan fingerprint density at radius 1 is 1.18 bits per heavy atom. The highest BCUT2D eigenvalue weighted by Crippen LogP contribution is 2.36. The Labute approximate surface area is 112 Å². The summed E-state index contributed by atoms with van der Waals surface area (Å²) in [5, 5.41) is 0.511. The fraction of sp³-hybridized carbons (Fsp3) is 0.500. The number of rotatable bonds is 7. The molecule has 0 amide bonds. The highest BCUT2D eigenvalue weighted by atomic mass is 35.5. The van der Waals surface area contributed by atoms with Crippen molar-refractivity contribution in [2.75, 3.05) is 27.4 Å². The van der Waals surface area contributed by atoms with E-state index in [0.717, 1.165) is 12.0 Å². The number of hydrogen-bond acceptors (Lipinski definition) is 3. The highest BCUT2D eigenvalue weighted by molar-refractivity contribution is 6.32. The lowest BCUT2D eigenvalue weighted by atomic mass is 10.2. The van der Waals surface area contributed by atoms with E-state index in [2.05, 4.69) is 0 Å². The molecule has 0 heterocycles. The molecule has 0 aromatic heterocycles. The number of ether oxygens (including phenoxy) is 3. The van der Waals surface area contributed by atoms with Crippen LogP contribution in [-0.2, 0) is 10.6 Å². The zero-order valence-corrected chi connectivity index (χ0v) is 11.5. The summed E-state index contributed by atoms with van der Waals surface area (Å²) >= 11 is 11.9. The summed E-state index contributed by atoms with van der Waals surface area (Å²) in [4.78, 5) is 0. The Balaban J connectivity index is 2.75. The van der Waals surface area contributed by atoms with Crippen molar-refractivity contribution in [3.63, 3.8) is 0 Å². The van der Waals surface area contributed by atoms with Crippen LogP contribution in [0.4, 0.5) is 0 Å². The lowest BCUT2D eigenvalue weighted by Gasteiger charge is -2.13. The molecule has 0 unspecified atom stereocenters. The average molecular weight is 279 g/mol. The summed E-state index contributed by atoms with van der Waals surface area (Å²) in [7, 11) is 3.23. The van der Waals surface area contributed by atoms with Crippen molar-refractivity contribution in [3.05, 3.63) is 22.7 Å². The van der Waals surface area contributed by atoms with Gasteiger partial charge in [-0.3, -0.25) is 0 Å². The standard InChI is InChI=1S/C12H16Cl2O3/c1-15-4-3-5-17-12-10(14)6-9(8-13)7-11(12)16-2/h6-7H,3-5,8H2,1-2H3. The van der Waals surface area contributed by atoms with Gasteiger partial charge in [-0.1, -0.05) is 11.6 Å². The van der Waals surface area contributed by atoms with Crippen molar-refractivity contribution >= 4 is 23.2 Å². The number of methoxy groups -OCH3 is 2. The van der Waals surface area contributed by atoms with E-state index in [4.69, 9.17) is 37.4 Å². The molecule has 0 saturated heterocycles. The van der Waals surface area contributed by atoms with E-state index < -0.39 is 0 Å². The van der Waals surface area contributed by atoms with Crippen LogP contribution in [0.3, 0.4) is 0 Å². The first-order valence-corrected chi connectivity index (χ1v) is 6.18. The van der Waals surface area contributed by atoms with Crippen LogP contribution in [0.15, 0.2) is 12.1 Å². The van der Waals surface area contributed by atoms with Gasteiger partial charge in [0.1, 0.15) is 0 Å². The van der Waals surface area contributed by atoms with Gasteiger partial charge in [-0.15, -0.1) is 11.6 Å². The molecule has 0 aliphatic carbocycles. The van der Waals surface area contributed by atoms with Crippen LogP contribution in [-0.4, -0.2) is 27.4 Å². The molecular formula is C12H16Cl2O3. The molecule has 0 radical (unpaired) electrons. The lowest BCUT2D eigenvalue weighted by Crippen LogP contribution is -2.03. The van der Waals surface area contributed by atoms with E-state index in [1.807, 2.05) is 6.07 Å². The Morgan fingerprint density at radius 3 is 2.53 bits per heavy atom. The maximum atomic E-state index is 6.11. The van der Waals surface area contributed by atoms with E-state index in [0.29, 0.717) is 35.6 Å². The number of halogens is 2. The summed E-state index contributed by atoms with van der Waals surface area (Å²) < 4.78 is 15.7. The van der Waals surface area contributed by atoms with Gasteiger partial charge in [0.05, 0.1) is 18.7 Å². The van der Waals surface area contributed by atoms with Crippen molar-refractivity contribution < 1.29 is 14.2 Å². The van der Waals surface area contributed by atoms with Crippen LogP contribution in [0, 0.1) is 0 Å². The van der Waals surface area contributed by atoms with Gasteiger partial charge >= 0.3 is 0 Å². The largest absolute Gasteiger partial charge is 0.493 e. The zero-order valence-electron chi connectivity index (χ0n) is 9.96. The van der Waals surface area contributed by atoms with Gasteiger partial charge in [0.25, 0.3) is 0 Å². The van der Waals surface area contributed by atoms with Gasteiger partial charge in [-0.25, -0.2) is 0 Å². The summed E-state index contributed by atoms with van der Waals surface area (Å²) in [5.74, 6) is 1.55. The Bertz CT molecular complexity index is 356. The van der Waals surface area contributed by atoms with E-state index in [9.17, 15) is 0 Å². The predicted octanol–water partition coefficient (Wildman–Crippen LogP) is 3.50. The molecule has 0 saturated carbocycles. The van der Waals surface area contributed by atoms with Crippen molar-refractivity contribution in [1.29, 1.82) is 0 Å². The monoisotopic (exact) mass is 278 g/mol. The molecule has 3 nitrogen and oxygen atoms in total. The van der Waals surface area contributed by atoms with E-state index in [1.54, 1.807) is 20.3 Å². The fourth-order valence-electron chi connectivity index (χ4n) is 1.37. The molecule has 5 heteroatoms. The summed E-state index contributed by atoms with van der Waals surface area (Å²) in [5.41, 5.74) is 0.901. The van der Waals surface area contributed by atoms with Gasteiger partial charge in [0.15, 0.2) is 11.5 Å². The van der Waals surface area contributed by atoms with Crippen LogP contribution >= 0.6 is 23.2 Å². The third kappa shape index (κ3) is 4.26. The minimum atomic E-state index is 0.389. The molecular weight excluding hydrogens is 263 g/mol. The topological polar surface area (TPSA) is 27.7 Å². The van der Waals surface area contributed by atoms with Crippen molar-refractivity contribution in [2.45, 2.75) is 12.3 Å². The second-order valence-electron chi connectivity index (χ2n) is 3.44. The summed E-state index contributed by atoms with van der Waals surface area (Å²) in [6.45, 7) is 1.18.